The number of ether oxygens (including phenoxy) is 1. The van der Waals surface area contributed by atoms with Crippen LogP contribution in [0.15, 0.2) is 35.3 Å². The molecule has 21 heavy (non-hydrogen) atoms. The standard InChI is InChI=1S/C16H25N3O.HI/c1-4-17-16(19-15-10-12(15)2)18-11-13(3)20-14-8-6-5-7-9-14;/h5-9,12-13,15H,4,10-11H2,1-3H3,(H2,17,18,19);1H. The highest BCUT2D eigenvalue weighted by Crippen LogP contribution is 2.28. The van der Waals surface area contributed by atoms with Crippen molar-refractivity contribution in [3.05, 3.63) is 30.3 Å². The number of hydrogen-bond acceptors (Lipinski definition) is 2. The van der Waals surface area contributed by atoms with Gasteiger partial charge >= 0.3 is 0 Å². The van der Waals surface area contributed by atoms with Gasteiger partial charge in [0.15, 0.2) is 5.96 Å². The van der Waals surface area contributed by atoms with Gasteiger partial charge in [0.2, 0.25) is 0 Å². The molecule has 0 aliphatic heterocycles. The summed E-state index contributed by atoms with van der Waals surface area (Å²) in [5.41, 5.74) is 0. The van der Waals surface area contributed by atoms with E-state index in [4.69, 9.17) is 4.74 Å². The first-order valence-corrected chi connectivity index (χ1v) is 7.45. The largest absolute Gasteiger partial charge is 0.489 e. The summed E-state index contributed by atoms with van der Waals surface area (Å²) in [6.45, 7) is 7.89. The molecular weight excluding hydrogens is 377 g/mol. The smallest absolute Gasteiger partial charge is 0.191 e. The van der Waals surface area contributed by atoms with Gasteiger partial charge in [-0.2, -0.15) is 0 Å². The average molecular weight is 403 g/mol. The van der Waals surface area contributed by atoms with Gasteiger partial charge in [-0.1, -0.05) is 25.1 Å². The van der Waals surface area contributed by atoms with Gasteiger partial charge in [0.1, 0.15) is 11.9 Å². The highest BCUT2D eigenvalue weighted by molar-refractivity contribution is 14.0. The molecule has 0 bridgehead atoms. The van der Waals surface area contributed by atoms with E-state index < -0.39 is 0 Å². The van der Waals surface area contributed by atoms with E-state index in [0.717, 1.165) is 24.2 Å². The number of rotatable bonds is 6. The van der Waals surface area contributed by atoms with Crippen molar-refractivity contribution in [1.29, 1.82) is 0 Å². The van der Waals surface area contributed by atoms with Crippen LogP contribution < -0.4 is 15.4 Å². The number of aliphatic imine (C=N–C) groups is 1. The van der Waals surface area contributed by atoms with E-state index in [9.17, 15) is 0 Å². The quantitative estimate of drug-likeness (QED) is 0.436. The second kappa shape index (κ2) is 9.12. The van der Waals surface area contributed by atoms with Crippen LogP contribution in [0.1, 0.15) is 27.2 Å². The highest BCUT2D eigenvalue weighted by Gasteiger charge is 2.33. The molecule has 3 unspecified atom stereocenters. The molecule has 4 nitrogen and oxygen atoms in total. The van der Waals surface area contributed by atoms with Gasteiger partial charge < -0.3 is 15.4 Å². The first kappa shape index (κ1) is 18.1. The first-order chi connectivity index (χ1) is 9.69. The monoisotopic (exact) mass is 403 g/mol. The Kier molecular flexibility index (Phi) is 7.85. The van der Waals surface area contributed by atoms with Crippen molar-refractivity contribution in [2.75, 3.05) is 13.1 Å². The summed E-state index contributed by atoms with van der Waals surface area (Å²) >= 11 is 0. The Morgan fingerprint density at radius 2 is 2.05 bits per heavy atom. The third-order valence-electron chi connectivity index (χ3n) is 3.36. The summed E-state index contributed by atoms with van der Waals surface area (Å²) in [5, 5.41) is 6.72. The number of benzene rings is 1. The van der Waals surface area contributed by atoms with Gasteiger partial charge in [-0.3, -0.25) is 0 Å². The molecule has 0 radical (unpaired) electrons. The molecule has 0 amide bonds. The number of para-hydroxylation sites is 1. The summed E-state index contributed by atoms with van der Waals surface area (Å²) in [6.07, 6.45) is 1.30. The minimum atomic E-state index is 0. The SMILES string of the molecule is CCNC(=NCC(C)Oc1ccccc1)NC1CC1C.I. The van der Waals surface area contributed by atoms with E-state index in [0.29, 0.717) is 12.6 Å². The maximum absolute atomic E-state index is 5.82. The summed E-state index contributed by atoms with van der Waals surface area (Å²) in [5.74, 6) is 2.55. The Morgan fingerprint density at radius 3 is 2.62 bits per heavy atom. The molecule has 1 fully saturated rings. The van der Waals surface area contributed by atoms with Crippen molar-refractivity contribution in [1.82, 2.24) is 10.6 Å². The molecule has 0 aromatic heterocycles. The molecule has 118 valence electrons. The third kappa shape index (κ3) is 6.54. The Labute approximate surface area is 144 Å². The third-order valence-corrected chi connectivity index (χ3v) is 3.36. The molecule has 5 heteroatoms. The number of halogens is 1. The van der Waals surface area contributed by atoms with Crippen LogP contribution in [-0.4, -0.2) is 31.2 Å². The van der Waals surface area contributed by atoms with E-state index in [2.05, 4.69) is 29.5 Å². The maximum Gasteiger partial charge on any atom is 0.191 e. The number of guanidine groups is 1. The Hall–Kier alpha value is -0.980. The van der Waals surface area contributed by atoms with Gasteiger partial charge in [-0.25, -0.2) is 4.99 Å². The van der Waals surface area contributed by atoms with Crippen molar-refractivity contribution in [2.24, 2.45) is 10.9 Å². The van der Waals surface area contributed by atoms with Crippen LogP contribution in [0.4, 0.5) is 0 Å². The predicted molar refractivity (Wildman–Crippen MR) is 98.6 cm³/mol. The van der Waals surface area contributed by atoms with E-state index >= 15 is 0 Å². The zero-order valence-corrected chi connectivity index (χ0v) is 15.3. The molecule has 1 aromatic carbocycles. The lowest BCUT2D eigenvalue weighted by molar-refractivity contribution is 0.230. The van der Waals surface area contributed by atoms with Crippen LogP contribution in [0, 0.1) is 5.92 Å². The zero-order chi connectivity index (χ0) is 14.4. The summed E-state index contributed by atoms with van der Waals surface area (Å²) in [7, 11) is 0. The van der Waals surface area contributed by atoms with E-state index in [-0.39, 0.29) is 30.1 Å². The van der Waals surface area contributed by atoms with Crippen molar-refractivity contribution in [2.45, 2.75) is 39.3 Å². The van der Waals surface area contributed by atoms with Crippen LogP contribution in [0.2, 0.25) is 0 Å². The molecule has 0 spiro atoms. The normalized spacial score (nSPS) is 22.0. The first-order valence-electron chi connectivity index (χ1n) is 7.45. The molecule has 0 saturated heterocycles. The van der Waals surface area contributed by atoms with Crippen molar-refractivity contribution >= 4 is 29.9 Å². The topological polar surface area (TPSA) is 45.7 Å². The minimum absolute atomic E-state index is 0. The van der Waals surface area contributed by atoms with E-state index in [1.165, 1.54) is 6.42 Å². The van der Waals surface area contributed by atoms with Crippen LogP contribution in [-0.2, 0) is 0 Å². The lowest BCUT2D eigenvalue weighted by atomic mass is 10.3. The predicted octanol–water partition coefficient (Wildman–Crippen LogP) is 3.04. The fourth-order valence-corrected chi connectivity index (χ4v) is 2.01. The fourth-order valence-electron chi connectivity index (χ4n) is 2.01. The summed E-state index contributed by atoms with van der Waals surface area (Å²) in [6, 6.07) is 10.5. The van der Waals surface area contributed by atoms with Crippen LogP contribution in [0.3, 0.4) is 0 Å². The molecule has 3 atom stereocenters. The molecule has 1 saturated carbocycles. The Morgan fingerprint density at radius 1 is 1.38 bits per heavy atom. The van der Waals surface area contributed by atoms with Crippen LogP contribution in [0.25, 0.3) is 0 Å². The van der Waals surface area contributed by atoms with Gasteiger partial charge in [-0.05, 0) is 38.3 Å². The second-order valence-corrected chi connectivity index (χ2v) is 5.42. The van der Waals surface area contributed by atoms with Crippen molar-refractivity contribution in [3.8, 4) is 5.75 Å². The maximum atomic E-state index is 5.82. The molecule has 1 aliphatic rings. The highest BCUT2D eigenvalue weighted by atomic mass is 127. The molecule has 2 N–H and O–H groups in total. The minimum Gasteiger partial charge on any atom is -0.489 e. The number of nitrogens with zero attached hydrogens (tertiary/aromatic N) is 1. The second-order valence-electron chi connectivity index (χ2n) is 5.42. The number of nitrogens with one attached hydrogen (secondary N) is 2. The summed E-state index contributed by atoms with van der Waals surface area (Å²) in [4.78, 5) is 4.59. The van der Waals surface area contributed by atoms with Gasteiger partial charge in [0.05, 0.1) is 6.54 Å². The van der Waals surface area contributed by atoms with Gasteiger partial charge in [0.25, 0.3) is 0 Å². The van der Waals surface area contributed by atoms with Crippen molar-refractivity contribution < 1.29 is 4.74 Å². The Bertz CT molecular complexity index is 438. The van der Waals surface area contributed by atoms with E-state index in [1.807, 2.05) is 37.3 Å². The lowest BCUT2D eigenvalue weighted by Crippen LogP contribution is -2.39. The molecule has 0 heterocycles. The molecule has 2 rings (SSSR count). The van der Waals surface area contributed by atoms with Crippen LogP contribution >= 0.6 is 24.0 Å². The Balaban J connectivity index is 0.00000220. The van der Waals surface area contributed by atoms with Gasteiger partial charge in [-0.15, -0.1) is 24.0 Å². The van der Waals surface area contributed by atoms with Gasteiger partial charge in [0, 0.05) is 12.6 Å². The number of hydrogen-bond donors (Lipinski definition) is 2. The van der Waals surface area contributed by atoms with Crippen molar-refractivity contribution in [3.63, 3.8) is 0 Å². The molecule has 1 aliphatic carbocycles. The van der Waals surface area contributed by atoms with Crippen LogP contribution in [0.5, 0.6) is 5.75 Å². The average Bonchev–Trinajstić information content (AvgIpc) is 3.13. The zero-order valence-electron chi connectivity index (χ0n) is 13.0. The lowest BCUT2D eigenvalue weighted by Gasteiger charge is -2.15. The molecular formula is C16H26IN3O. The fraction of sp³-hybridized carbons (Fsp3) is 0.562. The molecule has 1 aromatic rings. The van der Waals surface area contributed by atoms with E-state index in [1.54, 1.807) is 0 Å². The summed E-state index contributed by atoms with van der Waals surface area (Å²) < 4.78 is 5.82.